The third kappa shape index (κ3) is 2.99. The molecule has 1 N–H and O–H groups in total. The summed E-state index contributed by atoms with van der Waals surface area (Å²) in [5.41, 5.74) is 0. The van der Waals surface area contributed by atoms with Crippen LogP contribution in [0.3, 0.4) is 0 Å². The van der Waals surface area contributed by atoms with Crippen LogP contribution in [-0.4, -0.2) is 24.9 Å². The number of hydrogen-bond acceptors (Lipinski definition) is 2. The van der Waals surface area contributed by atoms with Gasteiger partial charge in [-0.3, -0.25) is 0 Å². The van der Waals surface area contributed by atoms with Crippen molar-refractivity contribution in [1.82, 2.24) is 0 Å². The molecule has 0 aromatic heterocycles. The molecule has 0 amide bonds. The number of methoxy groups -OCH3 is 1. The summed E-state index contributed by atoms with van der Waals surface area (Å²) >= 11 is 0. The van der Waals surface area contributed by atoms with E-state index in [1.54, 1.807) is 13.2 Å². The van der Waals surface area contributed by atoms with Crippen LogP contribution in [0.2, 0.25) is 0 Å². The van der Waals surface area contributed by atoms with E-state index in [-0.39, 0.29) is 18.6 Å². The Balaban J connectivity index is 3.67. The van der Waals surface area contributed by atoms with Crippen LogP contribution in [-0.2, 0) is 4.74 Å². The zero-order valence-corrected chi connectivity index (χ0v) is 6.71. The minimum atomic E-state index is 0.113. The van der Waals surface area contributed by atoms with E-state index >= 15 is 0 Å². The van der Waals surface area contributed by atoms with Crippen LogP contribution in [0.1, 0.15) is 13.3 Å². The highest BCUT2D eigenvalue weighted by Gasteiger charge is 2.12. The predicted molar refractivity (Wildman–Crippen MR) is 41.9 cm³/mol. The number of aliphatic hydroxyl groups excluding tert-OH is 1. The van der Waals surface area contributed by atoms with E-state index in [4.69, 9.17) is 9.84 Å². The number of aliphatic hydroxyl groups is 1. The summed E-state index contributed by atoms with van der Waals surface area (Å²) in [5, 5.41) is 8.75. The van der Waals surface area contributed by atoms with Gasteiger partial charge in [-0.2, -0.15) is 0 Å². The van der Waals surface area contributed by atoms with Gasteiger partial charge in [0.15, 0.2) is 0 Å². The Bertz CT molecular complexity index is 91.3. The molecule has 0 aromatic carbocycles. The minimum absolute atomic E-state index is 0.113. The van der Waals surface area contributed by atoms with Gasteiger partial charge in [0.05, 0.1) is 6.10 Å². The molecular weight excluding hydrogens is 128 g/mol. The van der Waals surface area contributed by atoms with Crippen molar-refractivity contribution in [1.29, 1.82) is 0 Å². The lowest BCUT2D eigenvalue weighted by atomic mass is 10.0. The second-order valence-electron chi connectivity index (χ2n) is 2.46. The van der Waals surface area contributed by atoms with Gasteiger partial charge in [-0.15, -0.1) is 6.58 Å². The first kappa shape index (κ1) is 9.66. The van der Waals surface area contributed by atoms with Crippen LogP contribution in [0.5, 0.6) is 0 Å². The maximum Gasteiger partial charge on any atom is 0.0653 e. The van der Waals surface area contributed by atoms with E-state index in [1.165, 1.54) is 0 Å². The third-order valence-electron chi connectivity index (χ3n) is 1.62. The van der Waals surface area contributed by atoms with Crippen molar-refractivity contribution in [3.63, 3.8) is 0 Å². The number of rotatable bonds is 5. The summed E-state index contributed by atoms with van der Waals surface area (Å²) in [6.07, 6.45) is 2.72. The van der Waals surface area contributed by atoms with Crippen LogP contribution < -0.4 is 0 Å². The standard InChI is InChI=1S/C8H16O2/c1-4-5-8(10-3)7(2)6-9/h4,7-9H,1,5-6H2,2-3H3/t7-,8+/m1/s1. The van der Waals surface area contributed by atoms with Crippen LogP contribution >= 0.6 is 0 Å². The summed E-state index contributed by atoms with van der Waals surface area (Å²) in [6.45, 7) is 5.73. The minimum Gasteiger partial charge on any atom is -0.396 e. The molecule has 0 unspecified atom stereocenters. The van der Waals surface area contributed by atoms with Crippen molar-refractivity contribution in [2.24, 2.45) is 5.92 Å². The lowest BCUT2D eigenvalue weighted by molar-refractivity contribution is 0.0362. The Morgan fingerprint density at radius 3 is 2.60 bits per heavy atom. The average Bonchev–Trinajstić information content (AvgIpc) is 1.99. The van der Waals surface area contributed by atoms with E-state index in [0.29, 0.717) is 0 Å². The molecule has 2 atom stereocenters. The van der Waals surface area contributed by atoms with Gasteiger partial charge in [0.2, 0.25) is 0 Å². The van der Waals surface area contributed by atoms with Gasteiger partial charge >= 0.3 is 0 Å². The molecule has 0 aromatic rings. The fourth-order valence-corrected chi connectivity index (χ4v) is 0.843. The Morgan fingerprint density at radius 2 is 2.30 bits per heavy atom. The van der Waals surface area contributed by atoms with Crippen molar-refractivity contribution in [3.05, 3.63) is 12.7 Å². The second-order valence-corrected chi connectivity index (χ2v) is 2.46. The molecular formula is C8H16O2. The topological polar surface area (TPSA) is 29.5 Å². The lowest BCUT2D eigenvalue weighted by Gasteiger charge is -2.18. The van der Waals surface area contributed by atoms with E-state index in [0.717, 1.165) is 6.42 Å². The highest BCUT2D eigenvalue weighted by Crippen LogP contribution is 2.09. The largest absolute Gasteiger partial charge is 0.396 e. The van der Waals surface area contributed by atoms with Crippen molar-refractivity contribution in [3.8, 4) is 0 Å². The Hall–Kier alpha value is -0.340. The molecule has 0 saturated carbocycles. The molecule has 0 heterocycles. The molecule has 0 spiro atoms. The molecule has 2 heteroatoms. The summed E-state index contributed by atoms with van der Waals surface area (Å²) < 4.78 is 5.11. The molecule has 60 valence electrons. The van der Waals surface area contributed by atoms with Gasteiger partial charge < -0.3 is 9.84 Å². The molecule has 0 rings (SSSR count). The van der Waals surface area contributed by atoms with Gasteiger partial charge in [0.25, 0.3) is 0 Å². The normalized spacial score (nSPS) is 16.3. The Labute approximate surface area is 62.5 Å². The van der Waals surface area contributed by atoms with Gasteiger partial charge in [-0.05, 0) is 6.42 Å². The fourth-order valence-electron chi connectivity index (χ4n) is 0.843. The second kappa shape index (κ2) is 5.45. The van der Waals surface area contributed by atoms with E-state index in [9.17, 15) is 0 Å². The molecule has 0 bridgehead atoms. The van der Waals surface area contributed by atoms with Crippen molar-refractivity contribution in [2.75, 3.05) is 13.7 Å². The van der Waals surface area contributed by atoms with Crippen LogP contribution in [0.25, 0.3) is 0 Å². The van der Waals surface area contributed by atoms with Crippen molar-refractivity contribution >= 4 is 0 Å². The van der Waals surface area contributed by atoms with E-state index in [1.807, 2.05) is 6.92 Å². The Kier molecular flexibility index (Phi) is 5.26. The maximum absolute atomic E-state index is 8.75. The molecule has 0 fully saturated rings. The summed E-state index contributed by atoms with van der Waals surface area (Å²) in [4.78, 5) is 0. The molecule has 0 radical (unpaired) electrons. The smallest absolute Gasteiger partial charge is 0.0653 e. The Morgan fingerprint density at radius 1 is 1.70 bits per heavy atom. The number of ether oxygens (including phenoxy) is 1. The van der Waals surface area contributed by atoms with Crippen molar-refractivity contribution < 1.29 is 9.84 Å². The van der Waals surface area contributed by atoms with Crippen LogP contribution in [0.15, 0.2) is 12.7 Å². The molecule has 0 saturated heterocycles. The third-order valence-corrected chi connectivity index (χ3v) is 1.62. The first-order chi connectivity index (χ1) is 4.76. The van der Waals surface area contributed by atoms with Crippen LogP contribution in [0, 0.1) is 5.92 Å². The first-order valence-electron chi connectivity index (χ1n) is 3.50. The van der Waals surface area contributed by atoms with Crippen molar-refractivity contribution in [2.45, 2.75) is 19.4 Å². The molecule has 2 nitrogen and oxygen atoms in total. The summed E-state index contributed by atoms with van der Waals surface area (Å²) in [5.74, 6) is 0.197. The number of hydrogen-bond donors (Lipinski definition) is 1. The van der Waals surface area contributed by atoms with E-state index in [2.05, 4.69) is 6.58 Å². The molecule has 10 heavy (non-hydrogen) atoms. The van der Waals surface area contributed by atoms with Gasteiger partial charge in [-0.1, -0.05) is 13.0 Å². The first-order valence-corrected chi connectivity index (χ1v) is 3.50. The summed E-state index contributed by atoms with van der Waals surface area (Å²) in [7, 11) is 1.65. The molecule has 0 aliphatic rings. The predicted octanol–water partition coefficient (Wildman–Crippen LogP) is 1.21. The fraction of sp³-hybridized carbons (Fsp3) is 0.750. The van der Waals surface area contributed by atoms with E-state index < -0.39 is 0 Å². The average molecular weight is 144 g/mol. The SMILES string of the molecule is C=CC[C@H](OC)[C@H](C)CO. The highest BCUT2D eigenvalue weighted by atomic mass is 16.5. The molecule has 0 aliphatic carbocycles. The zero-order chi connectivity index (χ0) is 7.98. The maximum atomic E-state index is 8.75. The molecule has 0 aliphatic heterocycles. The highest BCUT2D eigenvalue weighted by molar-refractivity contribution is 4.76. The zero-order valence-electron chi connectivity index (χ0n) is 6.71. The van der Waals surface area contributed by atoms with Crippen LogP contribution in [0.4, 0.5) is 0 Å². The summed E-state index contributed by atoms with van der Waals surface area (Å²) in [6, 6.07) is 0. The quantitative estimate of drug-likeness (QED) is 0.588. The van der Waals surface area contributed by atoms with Gasteiger partial charge in [0, 0.05) is 19.6 Å². The monoisotopic (exact) mass is 144 g/mol. The van der Waals surface area contributed by atoms with Gasteiger partial charge in [0.1, 0.15) is 0 Å². The lowest BCUT2D eigenvalue weighted by Crippen LogP contribution is -2.22. The van der Waals surface area contributed by atoms with Gasteiger partial charge in [-0.25, -0.2) is 0 Å².